The van der Waals surface area contributed by atoms with Gasteiger partial charge in [0.1, 0.15) is 17.2 Å². The maximum Gasteiger partial charge on any atom is 0.316 e. The number of hydrogen-bond acceptors (Lipinski definition) is 7. The van der Waals surface area contributed by atoms with Gasteiger partial charge in [0.2, 0.25) is 5.78 Å². The van der Waals surface area contributed by atoms with E-state index in [2.05, 4.69) is 15.9 Å². The van der Waals surface area contributed by atoms with Crippen LogP contribution >= 0.6 is 27.3 Å². The molecule has 1 aromatic heterocycles. The number of thiophene rings is 1. The summed E-state index contributed by atoms with van der Waals surface area (Å²) in [5, 5.41) is 1.91. The Morgan fingerprint density at radius 2 is 2.16 bits per heavy atom. The van der Waals surface area contributed by atoms with Crippen LogP contribution in [0, 0.1) is 6.92 Å². The Hall–Kier alpha value is -2.94. The predicted molar refractivity (Wildman–Crippen MR) is 122 cm³/mol. The van der Waals surface area contributed by atoms with Crippen LogP contribution in [0.2, 0.25) is 0 Å². The fourth-order valence-electron chi connectivity index (χ4n) is 3.72. The van der Waals surface area contributed by atoms with Crippen molar-refractivity contribution in [3.8, 4) is 17.2 Å². The Labute approximate surface area is 196 Å². The first-order valence-corrected chi connectivity index (χ1v) is 11.5. The van der Waals surface area contributed by atoms with Crippen molar-refractivity contribution < 1.29 is 28.5 Å². The molecule has 2 aliphatic heterocycles. The Morgan fingerprint density at radius 3 is 2.97 bits per heavy atom. The molecule has 32 heavy (non-hydrogen) atoms. The smallest absolute Gasteiger partial charge is 0.316 e. The van der Waals surface area contributed by atoms with Gasteiger partial charge >= 0.3 is 5.97 Å². The minimum absolute atomic E-state index is 0.152. The highest BCUT2D eigenvalue weighted by atomic mass is 79.9. The molecule has 0 saturated carbocycles. The van der Waals surface area contributed by atoms with E-state index >= 15 is 0 Å². The fraction of sp³-hybridized carbons (Fsp3) is 0.167. The Bertz CT molecular complexity index is 1260. The van der Waals surface area contributed by atoms with Gasteiger partial charge in [-0.3, -0.25) is 9.59 Å². The number of hydrogen-bond donors (Lipinski definition) is 0. The number of Topliss-reactive ketones (excluding diaryl/α,β-unsaturated/α-hetero) is 1. The summed E-state index contributed by atoms with van der Waals surface area (Å²) >= 11 is 4.98. The van der Waals surface area contributed by atoms with Crippen LogP contribution in [-0.2, 0) is 22.6 Å². The third kappa shape index (κ3) is 4.09. The predicted octanol–water partition coefficient (Wildman–Crippen LogP) is 5.45. The number of rotatable bonds is 4. The minimum Gasteiger partial charge on any atom is -0.467 e. The van der Waals surface area contributed by atoms with Gasteiger partial charge in [-0.15, -0.1) is 11.3 Å². The molecule has 0 unspecified atom stereocenters. The van der Waals surface area contributed by atoms with Crippen LogP contribution in [-0.4, -0.2) is 18.5 Å². The Morgan fingerprint density at radius 1 is 1.28 bits per heavy atom. The van der Waals surface area contributed by atoms with Gasteiger partial charge in [-0.1, -0.05) is 22.0 Å². The highest BCUT2D eigenvalue weighted by Gasteiger charge is 2.31. The van der Waals surface area contributed by atoms with Gasteiger partial charge in [-0.05, 0) is 48.2 Å². The van der Waals surface area contributed by atoms with Gasteiger partial charge < -0.3 is 18.9 Å². The van der Waals surface area contributed by atoms with Crippen LogP contribution in [0.3, 0.4) is 0 Å². The van der Waals surface area contributed by atoms with E-state index in [0.29, 0.717) is 40.5 Å². The monoisotopic (exact) mass is 512 g/mol. The molecule has 0 bridgehead atoms. The fourth-order valence-corrected chi connectivity index (χ4v) is 4.93. The van der Waals surface area contributed by atoms with Gasteiger partial charge in [0, 0.05) is 26.5 Å². The summed E-state index contributed by atoms with van der Waals surface area (Å²) in [7, 11) is 0. The Kier molecular flexibility index (Phi) is 5.58. The summed E-state index contributed by atoms with van der Waals surface area (Å²) in [6.07, 6.45) is 1.86. The molecule has 8 heteroatoms. The Balaban J connectivity index is 1.42. The zero-order valence-electron chi connectivity index (χ0n) is 17.0. The molecular weight excluding hydrogens is 496 g/mol. The number of esters is 1. The largest absolute Gasteiger partial charge is 0.467 e. The van der Waals surface area contributed by atoms with Crippen molar-refractivity contribution in [3.63, 3.8) is 0 Å². The molecule has 2 aliphatic rings. The minimum atomic E-state index is -0.368. The van der Waals surface area contributed by atoms with E-state index in [1.165, 1.54) is 11.3 Å². The number of halogens is 1. The molecule has 6 nitrogen and oxygen atoms in total. The first-order chi connectivity index (χ1) is 15.5. The summed E-state index contributed by atoms with van der Waals surface area (Å²) < 4.78 is 23.2. The highest BCUT2D eigenvalue weighted by Crippen LogP contribution is 2.39. The lowest BCUT2D eigenvalue weighted by Crippen LogP contribution is -2.12. The zero-order valence-corrected chi connectivity index (χ0v) is 19.4. The van der Waals surface area contributed by atoms with Crippen molar-refractivity contribution >= 4 is 45.1 Å². The molecule has 2 aromatic carbocycles. The van der Waals surface area contributed by atoms with Crippen LogP contribution in [0.15, 0.2) is 52.0 Å². The molecule has 5 rings (SSSR count). The molecule has 0 fully saturated rings. The molecule has 0 saturated heterocycles. The summed E-state index contributed by atoms with van der Waals surface area (Å²) in [5.74, 6) is 0.965. The first-order valence-electron chi connectivity index (χ1n) is 9.83. The lowest BCUT2D eigenvalue weighted by Gasteiger charge is -2.20. The second kappa shape index (κ2) is 8.54. The summed E-state index contributed by atoms with van der Waals surface area (Å²) in [5.41, 5.74) is 2.74. The summed E-state index contributed by atoms with van der Waals surface area (Å²) in [6, 6.07) is 10.8. The van der Waals surface area contributed by atoms with E-state index in [4.69, 9.17) is 18.9 Å². The summed E-state index contributed by atoms with van der Waals surface area (Å²) in [4.78, 5) is 26.2. The average Bonchev–Trinajstić information content (AvgIpc) is 3.36. The van der Waals surface area contributed by atoms with E-state index in [1.54, 1.807) is 25.1 Å². The van der Waals surface area contributed by atoms with E-state index in [9.17, 15) is 9.59 Å². The standard InChI is InChI=1S/C24H17BrO6S/c1-13-5-17(30-21(26)10-18-3-2-4-32-18)9-19-22(13)23(27)20(31-19)8-14-6-16(25)7-15-11-28-12-29-24(14)15/h2-9H,10-12H2,1H3/b20-8-. The van der Waals surface area contributed by atoms with Gasteiger partial charge in [-0.25, -0.2) is 0 Å². The van der Waals surface area contributed by atoms with Crippen LogP contribution in [0.5, 0.6) is 17.2 Å². The van der Waals surface area contributed by atoms with Crippen molar-refractivity contribution in [3.05, 3.63) is 79.1 Å². The third-order valence-electron chi connectivity index (χ3n) is 5.06. The van der Waals surface area contributed by atoms with Crippen molar-refractivity contribution in [1.29, 1.82) is 0 Å². The van der Waals surface area contributed by atoms with Gasteiger partial charge in [0.05, 0.1) is 18.6 Å². The van der Waals surface area contributed by atoms with Crippen LogP contribution in [0.4, 0.5) is 0 Å². The number of benzene rings is 2. The van der Waals surface area contributed by atoms with Crippen LogP contribution < -0.4 is 14.2 Å². The number of allylic oxidation sites excluding steroid dienone is 1. The number of fused-ring (bicyclic) bond motifs is 2. The SMILES string of the molecule is Cc1cc(OC(=O)Cc2cccs2)cc2c1C(=O)/C(=C/c1cc(Br)cc3c1OCOC3)O2. The maximum atomic E-state index is 13.0. The second-order valence-electron chi connectivity index (χ2n) is 7.38. The van der Waals surface area contributed by atoms with E-state index in [1.807, 2.05) is 29.6 Å². The molecular formula is C24H17BrO6S. The number of ketones is 1. The van der Waals surface area contributed by atoms with E-state index in [0.717, 1.165) is 14.9 Å². The maximum absolute atomic E-state index is 13.0. The molecule has 0 spiro atoms. The van der Waals surface area contributed by atoms with Crippen molar-refractivity contribution in [2.75, 3.05) is 6.79 Å². The van der Waals surface area contributed by atoms with Crippen LogP contribution in [0.25, 0.3) is 6.08 Å². The molecule has 3 aromatic rings. The van der Waals surface area contributed by atoms with Crippen molar-refractivity contribution in [2.24, 2.45) is 0 Å². The number of carbonyl (C=O) groups is 2. The average molecular weight is 513 g/mol. The number of ether oxygens (including phenoxy) is 4. The van der Waals surface area contributed by atoms with Gasteiger partial charge in [0.25, 0.3) is 0 Å². The second-order valence-corrected chi connectivity index (χ2v) is 9.33. The lowest BCUT2D eigenvalue weighted by atomic mass is 10.0. The molecule has 0 aliphatic carbocycles. The van der Waals surface area contributed by atoms with Gasteiger partial charge in [-0.2, -0.15) is 0 Å². The summed E-state index contributed by atoms with van der Waals surface area (Å²) in [6.45, 7) is 2.37. The molecule has 162 valence electrons. The molecule has 0 atom stereocenters. The number of aryl methyl sites for hydroxylation is 1. The molecule has 0 radical (unpaired) electrons. The molecule has 0 amide bonds. The van der Waals surface area contributed by atoms with E-state index in [-0.39, 0.29) is 30.7 Å². The van der Waals surface area contributed by atoms with Crippen molar-refractivity contribution in [2.45, 2.75) is 20.0 Å². The zero-order chi connectivity index (χ0) is 22.2. The highest BCUT2D eigenvalue weighted by molar-refractivity contribution is 9.10. The molecule has 0 N–H and O–H groups in total. The third-order valence-corrected chi connectivity index (χ3v) is 6.40. The number of carbonyl (C=O) groups excluding carboxylic acids is 2. The first kappa shape index (κ1) is 20.9. The molecule has 3 heterocycles. The van der Waals surface area contributed by atoms with Crippen molar-refractivity contribution in [1.82, 2.24) is 0 Å². The van der Waals surface area contributed by atoms with Crippen LogP contribution in [0.1, 0.15) is 31.9 Å². The lowest BCUT2D eigenvalue weighted by molar-refractivity contribution is -0.133. The topological polar surface area (TPSA) is 71.1 Å². The quantitative estimate of drug-likeness (QED) is 0.263. The van der Waals surface area contributed by atoms with Gasteiger partial charge in [0.15, 0.2) is 12.6 Å². The normalized spacial score (nSPS) is 15.7. The van der Waals surface area contributed by atoms with E-state index < -0.39 is 0 Å².